The summed E-state index contributed by atoms with van der Waals surface area (Å²) in [5.41, 5.74) is 0. The zero-order valence-electron chi connectivity index (χ0n) is 36.1. The molecular formula is C47H84O10. The molecule has 6 atom stereocenters. The van der Waals surface area contributed by atoms with Crippen molar-refractivity contribution in [2.45, 2.75) is 230 Å². The van der Waals surface area contributed by atoms with Gasteiger partial charge in [-0.3, -0.25) is 9.59 Å². The molecule has 4 N–H and O–H groups in total. The first kappa shape index (κ1) is 52.9. The van der Waals surface area contributed by atoms with Gasteiger partial charge in [-0.2, -0.15) is 0 Å². The van der Waals surface area contributed by atoms with E-state index in [2.05, 4.69) is 50.3 Å². The molecule has 0 bridgehead atoms. The fraction of sp³-hybridized carbons (Fsp3) is 0.830. The van der Waals surface area contributed by atoms with Crippen LogP contribution < -0.4 is 0 Å². The normalized spacial score (nSPS) is 20.6. The molecule has 10 nitrogen and oxygen atoms in total. The third kappa shape index (κ3) is 29.7. The highest BCUT2D eigenvalue weighted by molar-refractivity contribution is 5.70. The maximum absolute atomic E-state index is 12.7. The Balaban J connectivity index is 2.31. The van der Waals surface area contributed by atoms with Crippen molar-refractivity contribution in [1.82, 2.24) is 0 Å². The first-order chi connectivity index (χ1) is 27.8. The van der Waals surface area contributed by atoms with E-state index in [1.165, 1.54) is 96.3 Å². The zero-order valence-corrected chi connectivity index (χ0v) is 36.1. The van der Waals surface area contributed by atoms with Crippen LogP contribution >= 0.6 is 0 Å². The molecule has 10 heteroatoms. The number of rotatable bonds is 38. The number of esters is 2. The lowest BCUT2D eigenvalue weighted by atomic mass is 9.99. The van der Waals surface area contributed by atoms with Crippen molar-refractivity contribution >= 4 is 11.9 Å². The molecule has 0 amide bonds. The number of unbranched alkanes of at least 4 members (excludes halogenated alkanes) is 21. The number of aliphatic hydroxyl groups is 4. The summed E-state index contributed by atoms with van der Waals surface area (Å²) < 4.78 is 22.1. The van der Waals surface area contributed by atoms with Gasteiger partial charge in [-0.1, -0.05) is 147 Å². The van der Waals surface area contributed by atoms with Crippen LogP contribution in [-0.2, 0) is 28.5 Å². The van der Waals surface area contributed by atoms with Gasteiger partial charge in [-0.05, 0) is 70.6 Å². The van der Waals surface area contributed by atoms with Crippen LogP contribution in [0.1, 0.15) is 194 Å². The van der Waals surface area contributed by atoms with Crippen LogP contribution in [0.5, 0.6) is 0 Å². The number of allylic oxidation sites excluding steroid dienone is 6. The Kier molecular flexibility index (Phi) is 35.4. The SMILES string of the molecule is CCCCC/C=C/C/C=C/CCCCCCCCCCCC(=O)OC[C@@H](CO[C@H]1O[C@@H](CO)[C@@H](O)C(O)C1O)OC(=O)CCCCC/C=C/CCCCCCCC. The number of aliphatic hydroxyl groups excluding tert-OH is 4. The molecule has 1 fully saturated rings. The third-order valence-corrected chi connectivity index (χ3v) is 10.5. The molecule has 0 aromatic heterocycles. The van der Waals surface area contributed by atoms with Crippen LogP contribution in [0.25, 0.3) is 0 Å². The smallest absolute Gasteiger partial charge is 0.306 e. The van der Waals surface area contributed by atoms with E-state index in [-0.39, 0.29) is 32.0 Å². The lowest BCUT2D eigenvalue weighted by Gasteiger charge is -2.39. The van der Waals surface area contributed by atoms with Crippen molar-refractivity contribution in [1.29, 1.82) is 0 Å². The summed E-state index contributed by atoms with van der Waals surface area (Å²) in [7, 11) is 0. The molecule has 1 heterocycles. The number of carbonyl (C=O) groups is 2. The van der Waals surface area contributed by atoms with Gasteiger partial charge in [0.2, 0.25) is 0 Å². The van der Waals surface area contributed by atoms with Crippen molar-refractivity contribution in [3.05, 3.63) is 36.5 Å². The summed E-state index contributed by atoms with van der Waals surface area (Å²) >= 11 is 0. The minimum absolute atomic E-state index is 0.209. The van der Waals surface area contributed by atoms with Gasteiger partial charge in [0.05, 0.1) is 13.2 Å². The van der Waals surface area contributed by atoms with E-state index >= 15 is 0 Å². The van der Waals surface area contributed by atoms with Crippen LogP contribution in [0.2, 0.25) is 0 Å². The van der Waals surface area contributed by atoms with E-state index in [1.807, 2.05) is 0 Å². The van der Waals surface area contributed by atoms with Gasteiger partial charge in [0, 0.05) is 12.8 Å². The molecule has 57 heavy (non-hydrogen) atoms. The van der Waals surface area contributed by atoms with Crippen LogP contribution in [0.15, 0.2) is 36.5 Å². The summed E-state index contributed by atoms with van der Waals surface area (Å²) in [6.07, 6.45) is 35.8. The van der Waals surface area contributed by atoms with Crippen LogP contribution in [0.4, 0.5) is 0 Å². The van der Waals surface area contributed by atoms with Gasteiger partial charge >= 0.3 is 11.9 Å². The highest BCUT2D eigenvalue weighted by Crippen LogP contribution is 2.22. The lowest BCUT2D eigenvalue weighted by molar-refractivity contribution is -0.305. The van der Waals surface area contributed by atoms with Gasteiger partial charge in [-0.15, -0.1) is 0 Å². The molecule has 0 spiro atoms. The summed E-state index contributed by atoms with van der Waals surface area (Å²) in [6.45, 7) is 3.37. The Labute approximate surface area is 346 Å². The Morgan fingerprint density at radius 3 is 1.53 bits per heavy atom. The van der Waals surface area contributed by atoms with Crippen LogP contribution in [0.3, 0.4) is 0 Å². The zero-order chi connectivity index (χ0) is 41.6. The molecule has 332 valence electrons. The highest BCUT2D eigenvalue weighted by atomic mass is 16.7. The van der Waals surface area contributed by atoms with Gasteiger partial charge in [0.25, 0.3) is 0 Å². The van der Waals surface area contributed by atoms with Gasteiger partial charge in [-0.25, -0.2) is 0 Å². The van der Waals surface area contributed by atoms with Gasteiger partial charge in [0.15, 0.2) is 12.4 Å². The molecule has 0 radical (unpaired) electrons. The van der Waals surface area contributed by atoms with E-state index in [0.717, 1.165) is 64.2 Å². The third-order valence-electron chi connectivity index (χ3n) is 10.5. The highest BCUT2D eigenvalue weighted by Gasteiger charge is 2.44. The molecule has 0 saturated carbocycles. The average Bonchev–Trinajstić information content (AvgIpc) is 3.21. The van der Waals surface area contributed by atoms with Crippen molar-refractivity contribution in [3.8, 4) is 0 Å². The second-order valence-corrected chi connectivity index (χ2v) is 15.8. The van der Waals surface area contributed by atoms with Crippen molar-refractivity contribution in [2.75, 3.05) is 19.8 Å². The Morgan fingerprint density at radius 2 is 0.982 bits per heavy atom. The Bertz CT molecular complexity index is 1030. The first-order valence-corrected chi connectivity index (χ1v) is 23.1. The molecule has 2 unspecified atom stereocenters. The molecule has 1 aliphatic heterocycles. The number of hydrogen-bond acceptors (Lipinski definition) is 10. The summed E-state index contributed by atoms with van der Waals surface area (Å²) in [5, 5.41) is 40.1. The second kappa shape index (κ2) is 38.1. The Hall–Kier alpha value is -2.08. The second-order valence-electron chi connectivity index (χ2n) is 15.8. The van der Waals surface area contributed by atoms with E-state index in [9.17, 15) is 30.0 Å². The number of carbonyl (C=O) groups excluding carboxylic acids is 2. The molecule has 1 aliphatic rings. The van der Waals surface area contributed by atoms with Crippen molar-refractivity contribution < 1.29 is 49.0 Å². The largest absolute Gasteiger partial charge is 0.462 e. The van der Waals surface area contributed by atoms with E-state index < -0.39 is 49.4 Å². The summed E-state index contributed by atoms with van der Waals surface area (Å²) in [5.74, 6) is -0.828. The quantitative estimate of drug-likeness (QED) is 0.0270. The van der Waals surface area contributed by atoms with Gasteiger partial charge in [0.1, 0.15) is 31.0 Å². The predicted octanol–water partition coefficient (Wildman–Crippen LogP) is 9.89. The molecule has 0 aromatic carbocycles. The lowest BCUT2D eigenvalue weighted by Crippen LogP contribution is -2.59. The van der Waals surface area contributed by atoms with E-state index in [4.69, 9.17) is 18.9 Å². The minimum Gasteiger partial charge on any atom is -0.462 e. The van der Waals surface area contributed by atoms with E-state index in [1.54, 1.807) is 0 Å². The minimum atomic E-state index is -1.60. The molecule has 1 saturated heterocycles. The average molecular weight is 809 g/mol. The monoisotopic (exact) mass is 809 g/mol. The molecular weight excluding hydrogens is 725 g/mol. The topological polar surface area (TPSA) is 152 Å². The first-order valence-electron chi connectivity index (χ1n) is 23.1. The van der Waals surface area contributed by atoms with Gasteiger partial charge < -0.3 is 39.4 Å². The maximum atomic E-state index is 12.7. The summed E-state index contributed by atoms with van der Waals surface area (Å²) in [6, 6.07) is 0. The Morgan fingerprint density at radius 1 is 0.544 bits per heavy atom. The van der Waals surface area contributed by atoms with Crippen LogP contribution in [0, 0.1) is 0 Å². The number of hydrogen-bond donors (Lipinski definition) is 4. The molecule has 0 aliphatic carbocycles. The molecule has 0 aromatic rings. The number of ether oxygens (including phenoxy) is 4. The van der Waals surface area contributed by atoms with Crippen molar-refractivity contribution in [3.63, 3.8) is 0 Å². The standard InChI is InChI=1S/C47H84O10/c1-3-5-7-9-11-13-15-17-18-19-20-21-22-24-25-27-29-31-33-35-42(49)54-38-40(39-55-47-46(53)45(52)44(51)41(37-48)57-47)56-43(50)36-34-32-30-28-26-23-16-14-12-10-8-6-4-2/h11,13,17-18,23,26,40-41,44-48,51-53H,3-10,12,14-16,19-22,24-25,27-39H2,1-2H3/b13-11+,18-17+,26-23+/t40-,41-,44+,45?,46?,47-/m0/s1. The van der Waals surface area contributed by atoms with E-state index in [0.29, 0.717) is 6.42 Å². The fourth-order valence-corrected chi connectivity index (χ4v) is 6.80. The predicted molar refractivity (Wildman–Crippen MR) is 229 cm³/mol. The fourth-order valence-electron chi connectivity index (χ4n) is 6.80. The van der Waals surface area contributed by atoms with Crippen LogP contribution in [-0.4, -0.2) is 89.0 Å². The summed E-state index contributed by atoms with van der Waals surface area (Å²) in [4.78, 5) is 25.3. The maximum Gasteiger partial charge on any atom is 0.306 e. The van der Waals surface area contributed by atoms with Crippen molar-refractivity contribution in [2.24, 2.45) is 0 Å². The molecule has 1 rings (SSSR count).